The van der Waals surface area contributed by atoms with Crippen molar-refractivity contribution >= 4 is 16.8 Å². The monoisotopic (exact) mass is 284 g/mol. The molecule has 1 saturated heterocycles. The van der Waals surface area contributed by atoms with Gasteiger partial charge in [0.1, 0.15) is 0 Å². The zero-order valence-electron chi connectivity index (χ0n) is 12.3. The molecule has 1 aromatic carbocycles. The van der Waals surface area contributed by atoms with Gasteiger partial charge in [0.15, 0.2) is 0 Å². The molecule has 4 rings (SSSR count). The van der Waals surface area contributed by atoms with Gasteiger partial charge in [-0.3, -0.25) is 4.79 Å². The van der Waals surface area contributed by atoms with Gasteiger partial charge >= 0.3 is 0 Å². The number of aromatic nitrogens is 1. The van der Waals surface area contributed by atoms with Crippen LogP contribution in [0.5, 0.6) is 0 Å². The third kappa shape index (κ3) is 1.75. The number of hydrogen-bond donors (Lipinski definition) is 2. The molecule has 4 nitrogen and oxygen atoms in total. The van der Waals surface area contributed by atoms with Crippen molar-refractivity contribution in [2.45, 2.75) is 32.4 Å². The highest BCUT2D eigenvalue weighted by Crippen LogP contribution is 2.52. The minimum atomic E-state index is 0.0167. The molecule has 110 valence electrons. The molecule has 0 radical (unpaired) electrons. The summed E-state index contributed by atoms with van der Waals surface area (Å²) in [6, 6.07) is 7.95. The highest BCUT2D eigenvalue weighted by atomic mass is 16.5. The number of ether oxygens (including phenoxy) is 1. The van der Waals surface area contributed by atoms with E-state index in [1.807, 2.05) is 30.5 Å². The number of carbonyl (C=O) groups excluding carboxylic acids is 1. The molecule has 1 aromatic heterocycles. The van der Waals surface area contributed by atoms with Gasteiger partial charge in [0.05, 0.1) is 6.10 Å². The molecule has 2 aromatic rings. The summed E-state index contributed by atoms with van der Waals surface area (Å²) in [4.78, 5) is 15.8. The highest BCUT2D eigenvalue weighted by Gasteiger charge is 2.59. The van der Waals surface area contributed by atoms with Gasteiger partial charge in [-0.25, -0.2) is 0 Å². The lowest BCUT2D eigenvalue weighted by Crippen LogP contribution is -2.66. The number of amides is 1. The number of rotatable bonds is 2. The molecule has 3 unspecified atom stereocenters. The largest absolute Gasteiger partial charge is 0.377 e. The molecule has 2 heterocycles. The summed E-state index contributed by atoms with van der Waals surface area (Å²) < 4.78 is 5.79. The Morgan fingerprint density at radius 2 is 2.24 bits per heavy atom. The lowest BCUT2D eigenvalue weighted by Gasteiger charge is -2.54. The van der Waals surface area contributed by atoms with Crippen molar-refractivity contribution in [3.8, 4) is 0 Å². The summed E-state index contributed by atoms with van der Waals surface area (Å²) in [7, 11) is 0. The fraction of sp³-hybridized carbons (Fsp3) is 0.471. The zero-order chi connectivity index (χ0) is 14.6. The lowest BCUT2D eigenvalue weighted by atomic mass is 9.57. The predicted octanol–water partition coefficient (Wildman–Crippen LogP) is 2.71. The maximum Gasteiger partial charge on any atom is 0.252 e. The number of carbonyl (C=O) groups is 1. The number of benzene rings is 1. The van der Waals surface area contributed by atoms with E-state index in [-0.39, 0.29) is 17.4 Å². The third-order valence-corrected chi connectivity index (χ3v) is 5.23. The van der Waals surface area contributed by atoms with Gasteiger partial charge in [0.25, 0.3) is 5.91 Å². The fourth-order valence-corrected chi connectivity index (χ4v) is 4.12. The second kappa shape index (κ2) is 4.34. The van der Waals surface area contributed by atoms with Crippen molar-refractivity contribution in [1.82, 2.24) is 10.3 Å². The Balaban J connectivity index is 1.60. The summed E-state index contributed by atoms with van der Waals surface area (Å²) >= 11 is 0. The smallest absolute Gasteiger partial charge is 0.252 e. The Morgan fingerprint density at radius 3 is 3.10 bits per heavy atom. The van der Waals surface area contributed by atoms with Crippen molar-refractivity contribution in [2.24, 2.45) is 11.3 Å². The Bertz CT molecular complexity index is 704. The van der Waals surface area contributed by atoms with Gasteiger partial charge in [-0.15, -0.1) is 0 Å². The van der Waals surface area contributed by atoms with Gasteiger partial charge in [-0.1, -0.05) is 19.9 Å². The standard InChI is InChI=1S/C17H20N2O2/c1-17(2)14(12-7-9-21-15(12)17)19-16(20)11-4-3-5-13-10(11)6-8-18-13/h3-6,8,12,14-15,18H,7,9H2,1-2H3,(H,19,20). The summed E-state index contributed by atoms with van der Waals surface area (Å²) in [5.74, 6) is 0.484. The minimum absolute atomic E-state index is 0.0167. The van der Waals surface area contributed by atoms with Gasteiger partial charge in [-0.05, 0) is 24.6 Å². The number of H-pyrrole nitrogens is 1. The van der Waals surface area contributed by atoms with Crippen molar-refractivity contribution in [3.05, 3.63) is 36.0 Å². The Morgan fingerprint density at radius 1 is 1.38 bits per heavy atom. The summed E-state index contributed by atoms with van der Waals surface area (Å²) in [6.45, 7) is 5.18. The molecule has 3 atom stereocenters. The average Bonchev–Trinajstić information content (AvgIpc) is 3.11. The molecule has 1 aliphatic heterocycles. The molecule has 1 saturated carbocycles. The van der Waals surface area contributed by atoms with Crippen molar-refractivity contribution < 1.29 is 9.53 Å². The van der Waals surface area contributed by atoms with Crippen LogP contribution in [0.1, 0.15) is 30.6 Å². The number of fused-ring (bicyclic) bond motifs is 2. The molecule has 2 aliphatic rings. The molecule has 1 amide bonds. The first-order valence-electron chi connectivity index (χ1n) is 7.57. The van der Waals surface area contributed by atoms with E-state index < -0.39 is 0 Å². The van der Waals surface area contributed by atoms with E-state index in [0.717, 1.165) is 29.5 Å². The molecular weight excluding hydrogens is 264 g/mol. The second-order valence-electron chi connectivity index (χ2n) is 6.76. The Kier molecular flexibility index (Phi) is 2.67. The van der Waals surface area contributed by atoms with E-state index in [2.05, 4.69) is 24.1 Å². The predicted molar refractivity (Wildman–Crippen MR) is 81.2 cm³/mol. The second-order valence-corrected chi connectivity index (χ2v) is 6.76. The minimum Gasteiger partial charge on any atom is -0.377 e. The number of aromatic amines is 1. The van der Waals surface area contributed by atoms with Gasteiger partial charge < -0.3 is 15.0 Å². The molecule has 4 heteroatoms. The van der Waals surface area contributed by atoms with Crippen LogP contribution in [0.15, 0.2) is 30.5 Å². The Labute approximate surface area is 123 Å². The normalized spacial score (nSPS) is 29.9. The Hall–Kier alpha value is -1.81. The van der Waals surface area contributed by atoms with E-state index in [1.165, 1.54) is 0 Å². The van der Waals surface area contributed by atoms with Crippen LogP contribution in [0.4, 0.5) is 0 Å². The average molecular weight is 284 g/mol. The zero-order valence-corrected chi connectivity index (χ0v) is 12.3. The lowest BCUT2D eigenvalue weighted by molar-refractivity contribution is -0.108. The first kappa shape index (κ1) is 12.9. The van der Waals surface area contributed by atoms with Crippen molar-refractivity contribution in [2.75, 3.05) is 6.61 Å². The van der Waals surface area contributed by atoms with Crippen LogP contribution >= 0.6 is 0 Å². The molecular formula is C17H20N2O2. The highest BCUT2D eigenvalue weighted by molar-refractivity contribution is 6.06. The van der Waals surface area contributed by atoms with E-state index in [9.17, 15) is 4.79 Å². The quantitative estimate of drug-likeness (QED) is 0.891. The first-order valence-corrected chi connectivity index (χ1v) is 7.57. The van der Waals surface area contributed by atoms with Gasteiger partial charge in [-0.2, -0.15) is 0 Å². The molecule has 2 fully saturated rings. The van der Waals surface area contributed by atoms with Crippen molar-refractivity contribution in [1.29, 1.82) is 0 Å². The van der Waals surface area contributed by atoms with Crippen LogP contribution < -0.4 is 5.32 Å². The van der Waals surface area contributed by atoms with Crippen LogP contribution in [0.2, 0.25) is 0 Å². The van der Waals surface area contributed by atoms with Crippen LogP contribution in [0.25, 0.3) is 10.9 Å². The van der Waals surface area contributed by atoms with Crippen molar-refractivity contribution in [3.63, 3.8) is 0 Å². The molecule has 21 heavy (non-hydrogen) atoms. The van der Waals surface area contributed by atoms with E-state index in [4.69, 9.17) is 4.74 Å². The van der Waals surface area contributed by atoms with Crippen LogP contribution in [0.3, 0.4) is 0 Å². The van der Waals surface area contributed by atoms with Gasteiger partial charge in [0, 0.05) is 46.6 Å². The third-order valence-electron chi connectivity index (χ3n) is 5.23. The van der Waals surface area contributed by atoms with Gasteiger partial charge in [0.2, 0.25) is 0 Å². The maximum atomic E-state index is 12.7. The van der Waals surface area contributed by atoms with Crippen LogP contribution in [-0.2, 0) is 4.74 Å². The van der Waals surface area contributed by atoms with E-state index >= 15 is 0 Å². The maximum absolute atomic E-state index is 12.7. The molecule has 2 N–H and O–H groups in total. The molecule has 0 bridgehead atoms. The summed E-state index contributed by atoms with van der Waals surface area (Å²) in [5.41, 5.74) is 1.76. The van der Waals surface area contributed by atoms with E-state index in [0.29, 0.717) is 12.0 Å². The summed E-state index contributed by atoms with van der Waals surface area (Å²) in [5, 5.41) is 4.22. The van der Waals surface area contributed by atoms with Crippen LogP contribution in [-0.4, -0.2) is 29.6 Å². The number of nitrogens with one attached hydrogen (secondary N) is 2. The fourth-order valence-electron chi connectivity index (χ4n) is 4.12. The van der Waals surface area contributed by atoms with E-state index in [1.54, 1.807) is 0 Å². The van der Waals surface area contributed by atoms with Crippen LogP contribution in [0, 0.1) is 11.3 Å². The topological polar surface area (TPSA) is 54.1 Å². The SMILES string of the molecule is CC1(C)C(NC(=O)c2cccc3[nH]ccc23)C2CCOC21. The summed E-state index contributed by atoms with van der Waals surface area (Å²) in [6.07, 6.45) is 3.22. The number of hydrogen-bond acceptors (Lipinski definition) is 2. The molecule has 0 spiro atoms. The first-order chi connectivity index (χ1) is 10.1. The molecule has 1 aliphatic carbocycles.